The summed E-state index contributed by atoms with van der Waals surface area (Å²) >= 11 is 0. The van der Waals surface area contributed by atoms with Crippen LogP contribution in [0.4, 0.5) is 0 Å². The highest BCUT2D eigenvalue weighted by molar-refractivity contribution is 4.86. The van der Waals surface area contributed by atoms with Gasteiger partial charge in [0.1, 0.15) is 6.07 Å². The zero-order valence-corrected chi connectivity index (χ0v) is 4.30. The first-order valence-electron chi connectivity index (χ1n) is 1.81. The van der Waals surface area contributed by atoms with E-state index in [-0.39, 0.29) is 0 Å². The lowest BCUT2D eigenvalue weighted by molar-refractivity contribution is -0.123. The molecule has 0 spiro atoms. The van der Waals surface area contributed by atoms with Gasteiger partial charge in [0.2, 0.25) is 0 Å². The molecule has 0 aromatic heterocycles. The number of nitriles is 1. The van der Waals surface area contributed by atoms with Gasteiger partial charge in [-0.1, -0.05) is 0 Å². The summed E-state index contributed by atoms with van der Waals surface area (Å²) in [5.41, 5.74) is 0. The lowest BCUT2D eigenvalue weighted by Gasteiger charge is -2.08. The van der Waals surface area contributed by atoms with Gasteiger partial charge in [-0.2, -0.15) is 5.26 Å². The van der Waals surface area contributed by atoms with Crippen molar-refractivity contribution in [1.82, 2.24) is 0 Å². The first kappa shape index (κ1) is 6.41. The zero-order chi connectivity index (χ0) is 5.91. The quantitative estimate of drug-likeness (QED) is 0.369. The molecule has 0 aliphatic rings. The van der Waals surface area contributed by atoms with Gasteiger partial charge in [0.05, 0.1) is 0 Å². The van der Waals surface area contributed by atoms with E-state index in [9.17, 15) is 0 Å². The Bertz CT molecular complexity index is 92.4. The highest BCUT2D eigenvalue weighted by Crippen LogP contribution is 1.97. The zero-order valence-electron chi connectivity index (χ0n) is 4.30. The van der Waals surface area contributed by atoms with Crippen molar-refractivity contribution in [3.8, 4) is 6.07 Å². The molecule has 0 rings (SSSR count). The van der Waals surface area contributed by atoms with Crippen LogP contribution >= 0.6 is 0 Å². The summed E-state index contributed by atoms with van der Waals surface area (Å²) in [7, 11) is 1.27. The van der Waals surface area contributed by atoms with Crippen molar-refractivity contribution in [2.75, 3.05) is 7.11 Å². The molecule has 7 heavy (non-hydrogen) atoms. The van der Waals surface area contributed by atoms with Gasteiger partial charge in [0, 0.05) is 14.0 Å². The van der Waals surface area contributed by atoms with Gasteiger partial charge in [-0.05, 0) is 0 Å². The Morgan fingerprint density at radius 1 is 1.86 bits per heavy atom. The van der Waals surface area contributed by atoms with Gasteiger partial charge in [-0.15, -0.1) is 0 Å². The van der Waals surface area contributed by atoms with Gasteiger partial charge in [-0.3, -0.25) is 0 Å². The average Bonchev–Trinajstić information content (AvgIpc) is 1.68. The first-order valence-corrected chi connectivity index (χ1v) is 1.81. The molecule has 0 fully saturated rings. The van der Waals surface area contributed by atoms with E-state index in [1.165, 1.54) is 20.1 Å². The summed E-state index contributed by atoms with van der Waals surface area (Å²) in [5.74, 6) is -1.61. The van der Waals surface area contributed by atoms with Crippen LogP contribution in [0, 0.1) is 11.3 Å². The Labute approximate surface area is 42.1 Å². The van der Waals surface area contributed by atoms with Crippen LogP contribution in [0.2, 0.25) is 0 Å². The Hall–Kier alpha value is -0.590. The van der Waals surface area contributed by atoms with E-state index < -0.39 is 5.79 Å². The van der Waals surface area contributed by atoms with Crippen LogP contribution in [-0.2, 0) is 4.74 Å². The third-order valence-electron chi connectivity index (χ3n) is 0.605. The number of nitrogens with zero attached hydrogens (tertiary/aromatic N) is 1. The van der Waals surface area contributed by atoms with Gasteiger partial charge in [-0.25, -0.2) is 0 Å². The largest absolute Gasteiger partial charge is 0.354 e. The molecule has 0 saturated carbocycles. The molecule has 0 bridgehead atoms. The number of rotatable bonds is 1. The molecule has 0 heterocycles. The van der Waals surface area contributed by atoms with E-state index in [0.29, 0.717) is 0 Å². The summed E-state index contributed by atoms with van der Waals surface area (Å²) < 4.78 is 4.28. The van der Waals surface area contributed by atoms with Crippen molar-refractivity contribution in [2.45, 2.75) is 12.7 Å². The summed E-state index contributed by atoms with van der Waals surface area (Å²) in [6.45, 7) is 1.27. The number of ether oxygens (including phenoxy) is 1. The van der Waals surface area contributed by atoms with E-state index in [0.717, 1.165) is 0 Å². The normalized spacial score (nSPS) is 17.4. The van der Waals surface area contributed by atoms with Crippen LogP contribution in [0.3, 0.4) is 0 Å². The summed E-state index contributed by atoms with van der Waals surface area (Å²) in [5, 5.41) is 16.5. The minimum Gasteiger partial charge on any atom is -0.354 e. The van der Waals surface area contributed by atoms with Crippen molar-refractivity contribution in [2.24, 2.45) is 0 Å². The molecule has 3 heteroatoms. The molecule has 1 unspecified atom stereocenters. The predicted octanol–water partition coefficient (Wildman–Crippen LogP) is -0.135. The molecule has 0 aromatic rings. The van der Waals surface area contributed by atoms with Crippen molar-refractivity contribution in [3.63, 3.8) is 0 Å². The summed E-state index contributed by atoms with van der Waals surface area (Å²) in [6.07, 6.45) is 0. The van der Waals surface area contributed by atoms with Crippen molar-refractivity contribution < 1.29 is 9.84 Å². The predicted molar refractivity (Wildman–Crippen MR) is 23.2 cm³/mol. The minimum absolute atomic E-state index is 1.27. The molecule has 0 aliphatic carbocycles. The SMILES string of the molecule is COC(C)(O)C#N. The molecule has 0 amide bonds. The Morgan fingerprint density at radius 2 is 2.29 bits per heavy atom. The number of hydrogen-bond acceptors (Lipinski definition) is 3. The summed E-state index contributed by atoms with van der Waals surface area (Å²) in [6, 6.07) is 1.52. The number of hydrogen-bond donors (Lipinski definition) is 1. The molecule has 3 nitrogen and oxygen atoms in total. The van der Waals surface area contributed by atoms with E-state index >= 15 is 0 Å². The van der Waals surface area contributed by atoms with Crippen LogP contribution in [0.25, 0.3) is 0 Å². The fourth-order valence-corrected chi connectivity index (χ4v) is 0.0456. The second-order valence-electron chi connectivity index (χ2n) is 1.30. The Kier molecular flexibility index (Phi) is 1.75. The molecule has 0 aliphatic heterocycles. The molecular formula is C4H7NO2. The van der Waals surface area contributed by atoms with E-state index in [4.69, 9.17) is 10.4 Å². The average molecular weight is 101 g/mol. The minimum atomic E-state index is -1.61. The Morgan fingerprint density at radius 3 is 2.29 bits per heavy atom. The maximum absolute atomic E-state index is 8.55. The molecular weight excluding hydrogens is 94.0 g/mol. The third kappa shape index (κ3) is 2.15. The highest BCUT2D eigenvalue weighted by Gasteiger charge is 2.15. The molecule has 40 valence electrons. The van der Waals surface area contributed by atoms with E-state index in [1.807, 2.05) is 0 Å². The lowest BCUT2D eigenvalue weighted by Crippen LogP contribution is -2.22. The maximum Gasteiger partial charge on any atom is 0.253 e. The monoisotopic (exact) mass is 101 g/mol. The van der Waals surface area contributed by atoms with Gasteiger partial charge in [0.25, 0.3) is 5.79 Å². The second kappa shape index (κ2) is 1.92. The van der Waals surface area contributed by atoms with Crippen LogP contribution in [0.15, 0.2) is 0 Å². The Balaban J connectivity index is 3.66. The smallest absolute Gasteiger partial charge is 0.253 e. The van der Waals surface area contributed by atoms with E-state index in [1.54, 1.807) is 0 Å². The number of methoxy groups -OCH3 is 1. The summed E-state index contributed by atoms with van der Waals surface area (Å²) in [4.78, 5) is 0. The van der Waals surface area contributed by atoms with Crippen LogP contribution in [-0.4, -0.2) is 18.0 Å². The van der Waals surface area contributed by atoms with Gasteiger partial charge in [0.15, 0.2) is 0 Å². The second-order valence-corrected chi connectivity index (χ2v) is 1.30. The standard InChI is InChI=1S/C4H7NO2/c1-4(6,3-5)7-2/h6H,1-2H3. The molecule has 0 saturated heterocycles. The van der Waals surface area contributed by atoms with Crippen LogP contribution in [0.1, 0.15) is 6.92 Å². The highest BCUT2D eigenvalue weighted by atomic mass is 16.6. The molecule has 1 atom stereocenters. The lowest BCUT2D eigenvalue weighted by atomic mass is 10.4. The third-order valence-corrected chi connectivity index (χ3v) is 0.605. The fraction of sp³-hybridized carbons (Fsp3) is 0.750. The maximum atomic E-state index is 8.55. The molecule has 1 N–H and O–H groups in total. The van der Waals surface area contributed by atoms with Gasteiger partial charge >= 0.3 is 0 Å². The topological polar surface area (TPSA) is 53.2 Å². The van der Waals surface area contributed by atoms with Crippen LogP contribution in [0.5, 0.6) is 0 Å². The van der Waals surface area contributed by atoms with Crippen molar-refractivity contribution in [3.05, 3.63) is 0 Å². The van der Waals surface area contributed by atoms with Crippen molar-refractivity contribution in [1.29, 1.82) is 5.26 Å². The fourth-order valence-electron chi connectivity index (χ4n) is 0.0456. The number of aliphatic hydroxyl groups is 1. The van der Waals surface area contributed by atoms with Gasteiger partial charge < -0.3 is 9.84 Å². The molecule has 0 radical (unpaired) electrons. The van der Waals surface area contributed by atoms with Crippen LogP contribution < -0.4 is 0 Å². The first-order chi connectivity index (χ1) is 3.12. The van der Waals surface area contributed by atoms with E-state index in [2.05, 4.69) is 4.74 Å². The van der Waals surface area contributed by atoms with Crippen molar-refractivity contribution >= 4 is 0 Å². The molecule has 0 aromatic carbocycles.